The molecule has 7 nitrogen and oxygen atoms in total. The second-order valence-corrected chi connectivity index (χ2v) is 5.84. The van der Waals surface area contributed by atoms with Gasteiger partial charge in [0.05, 0.1) is 29.9 Å². The molecule has 0 unspecified atom stereocenters. The third kappa shape index (κ3) is 3.06. The minimum absolute atomic E-state index is 0.403. The van der Waals surface area contributed by atoms with Crippen molar-refractivity contribution in [3.8, 4) is 11.4 Å². The molecule has 0 atom stereocenters. The highest BCUT2D eigenvalue weighted by Gasteiger charge is 2.06. The summed E-state index contributed by atoms with van der Waals surface area (Å²) in [5, 5.41) is 4.51. The van der Waals surface area contributed by atoms with Crippen LogP contribution in [0.2, 0.25) is 0 Å². The Hall–Kier alpha value is -3.87. The zero-order valence-corrected chi connectivity index (χ0v) is 14.5. The summed E-state index contributed by atoms with van der Waals surface area (Å²) in [5.41, 5.74) is 1.06. The van der Waals surface area contributed by atoms with E-state index in [0.29, 0.717) is 10.9 Å². The monoisotopic (exact) mass is 360 g/mol. The van der Waals surface area contributed by atoms with Crippen LogP contribution in [0.5, 0.6) is 5.75 Å². The molecule has 0 aliphatic heterocycles. The number of hydrogen-bond donors (Lipinski definition) is 1. The lowest BCUT2D eigenvalue weighted by Crippen LogP contribution is -2.32. The van der Waals surface area contributed by atoms with Crippen molar-refractivity contribution in [2.75, 3.05) is 7.11 Å². The zero-order valence-electron chi connectivity index (χ0n) is 14.5. The molecule has 0 bridgehead atoms. The highest BCUT2D eigenvalue weighted by Crippen LogP contribution is 2.16. The Balaban J connectivity index is 1.75. The van der Waals surface area contributed by atoms with E-state index in [1.165, 1.54) is 6.21 Å². The number of ether oxygens (including phenoxy) is 1. The summed E-state index contributed by atoms with van der Waals surface area (Å²) in [6.45, 7) is 0. The lowest BCUT2D eigenvalue weighted by atomic mass is 10.2. The molecule has 0 aliphatic carbocycles. The predicted molar refractivity (Wildman–Crippen MR) is 104 cm³/mol. The lowest BCUT2D eigenvalue weighted by molar-refractivity contribution is 0.415. The molecule has 2 aromatic carbocycles. The maximum absolute atomic E-state index is 12.5. The Morgan fingerprint density at radius 3 is 2.56 bits per heavy atom. The van der Waals surface area contributed by atoms with Crippen molar-refractivity contribution in [1.82, 2.24) is 14.2 Å². The van der Waals surface area contributed by atoms with Gasteiger partial charge in [-0.1, -0.05) is 12.1 Å². The van der Waals surface area contributed by atoms with Crippen LogP contribution in [0.1, 0.15) is 5.69 Å². The molecule has 0 fully saturated rings. The number of methoxy groups -OCH3 is 1. The van der Waals surface area contributed by atoms with Crippen molar-refractivity contribution < 1.29 is 4.74 Å². The van der Waals surface area contributed by atoms with E-state index < -0.39 is 11.2 Å². The first kappa shape index (κ1) is 16.6. The van der Waals surface area contributed by atoms with E-state index in [-0.39, 0.29) is 0 Å². The van der Waals surface area contributed by atoms with E-state index in [2.05, 4.69) is 10.1 Å². The van der Waals surface area contributed by atoms with Crippen LogP contribution in [0.3, 0.4) is 0 Å². The minimum Gasteiger partial charge on any atom is -0.497 e. The van der Waals surface area contributed by atoms with Gasteiger partial charge in [-0.25, -0.2) is 4.79 Å². The quantitative estimate of drug-likeness (QED) is 0.567. The molecule has 0 saturated carbocycles. The third-order valence-electron chi connectivity index (χ3n) is 4.22. The summed E-state index contributed by atoms with van der Waals surface area (Å²) in [6.07, 6.45) is 3.35. The molecule has 0 spiro atoms. The largest absolute Gasteiger partial charge is 0.497 e. The first-order chi connectivity index (χ1) is 13.2. The fourth-order valence-electron chi connectivity index (χ4n) is 2.85. The van der Waals surface area contributed by atoms with Crippen molar-refractivity contribution in [1.29, 1.82) is 0 Å². The van der Waals surface area contributed by atoms with E-state index in [1.807, 2.05) is 47.2 Å². The molecule has 2 heterocycles. The SMILES string of the molecule is COc1ccc(-n2cccc2C=Nn2c(=O)[nH]c3ccccc3c2=O)cc1. The molecular formula is C20H16N4O3. The lowest BCUT2D eigenvalue weighted by Gasteiger charge is -2.07. The molecule has 27 heavy (non-hydrogen) atoms. The van der Waals surface area contributed by atoms with Gasteiger partial charge in [0, 0.05) is 11.9 Å². The van der Waals surface area contributed by atoms with Crippen molar-refractivity contribution in [3.05, 3.63) is 93.4 Å². The molecule has 0 aliphatic rings. The number of benzene rings is 2. The van der Waals surface area contributed by atoms with Gasteiger partial charge in [-0.2, -0.15) is 5.10 Å². The Morgan fingerprint density at radius 1 is 1.00 bits per heavy atom. The van der Waals surface area contributed by atoms with Crippen LogP contribution in [0.15, 0.2) is 81.6 Å². The van der Waals surface area contributed by atoms with Crippen molar-refractivity contribution in [3.63, 3.8) is 0 Å². The second-order valence-electron chi connectivity index (χ2n) is 5.84. The van der Waals surface area contributed by atoms with Gasteiger partial charge in [-0.15, -0.1) is 4.68 Å². The number of aromatic amines is 1. The van der Waals surface area contributed by atoms with Gasteiger partial charge < -0.3 is 14.3 Å². The van der Waals surface area contributed by atoms with Crippen molar-refractivity contribution >= 4 is 17.1 Å². The van der Waals surface area contributed by atoms with Crippen LogP contribution in [0.25, 0.3) is 16.6 Å². The van der Waals surface area contributed by atoms with Crippen LogP contribution in [-0.4, -0.2) is 27.6 Å². The maximum Gasteiger partial charge on any atom is 0.349 e. The summed E-state index contributed by atoms with van der Waals surface area (Å²) in [4.78, 5) is 27.4. The molecule has 134 valence electrons. The number of fused-ring (bicyclic) bond motifs is 1. The Kier molecular flexibility index (Phi) is 4.18. The Morgan fingerprint density at radius 2 is 1.78 bits per heavy atom. The predicted octanol–water partition coefficient (Wildman–Crippen LogP) is 2.37. The van der Waals surface area contributed by atoms with Crippen LogP contribution >= 0.6 is 0 Å². The molecular weight excluding hydrogens is 344 g/mol. The van der Waals surface area contributed by atoms with Crippen molar-refractivity contribution in [2.24, 2.45) is 5.10 Å². The fourth-order valence-corrected chi connectivity index (χ4v) is 2.85. The van der Waals surface area contributed by atoms with Crippen LogP contribution in [-0.2, 0) is 0 Å². The van der Waals surface area contributed by atoms with E-state index in [0.717, 1.165) is 21.8 Å². The Bertz CT molecular complexity index is 1250. The van der Waals surface area contributed by atoms with Gasteiger partial charge in [0.1, 0.15) is 5.75 Å². The normalized spacial score (nSPS) is 11.3. The summed E-state index contributed by atoms with van der Waals surface area (Å²) in [5.74, 6) is 0.760. The number of hydrogen-bond acceptors (Lipinski definition) is 4. The molecule has 0 saturated heterocycles. The van der Waals surface area contributed by atoms with Crippen molar-refractivity contribution in [2.45, 2.75) is 0 Å². The minimum atomic E-state index is -0.586. The van der Waals surface area contributed by atoms with Crippen LogP contribution in [0.4, 0.5) is 0 Å². The van der Waals surface area contributed by atoms with E-state index >= 15 is 0 Å². The molecule has 0 radical (unpaired) electrons. The number of H-pyrrole nitrogens is 1. The summed E-state index contributed by atoms with van der Waals surface area (Å²) in [6, 6.07) is 18.1. The average molecular weight is 360 g/mol. The molecule has 4 rings (SSSR count). The van der Waals surface area contributed by atoms with Gasteiger partial charge in [-0.05, 0) is 48.5 Å². The second kappa shape index (κ2) is 6.80. The molecule has 0 amide bonds. The first-order valence-electron chi connectivity index (χ1n) is 8.27. The summed E-state index contributed by atoms with van der Waals surface area (Å²) in [7, 11) is 1.61. The molecule has 7 heteroatoms. The fraction of sp³-hybridized carbons (Fsp3) is 0.0500. The molecule has 2 aromatic heterocycles. The van der Waals surface area contributed by atoms with Gasteiger partial charge in [0.25, 0.3) is 5.56 Å². The number of nitrogens with zero attached hydrogens (tertiary/aromatic N) is 3. The number of aromatic nitrogens is 3. The third-order valence-corrected chi connectivity index (χ3v) is 4.22. The zero-order chi connectivity index (χ0) is 18.8. The average Bonchev–Trinajstić information content (AvgIpc) is 3.16. The van der Waals surface area contributed by atoms with E-state index in [4.69, 9.17) is 4.74 Å². The van der Waals surface area contributed by atoms with Gasteiger partial charge >= 0.3 is 5.69 Å². The van der Waals surface area contributed by atoms with E-state index in [9.17, 15) is 9.59 Å². The van der Waals surface area contributed by atoms with Gasteiger partial charge in [0.2, 0.25) is 0 Å². The summed E-state index contributed by atoms with van der Waals surface area (Å²) < 4.78 is 7.89. The van der Waals surface area contributed by atoms with Crippen LogP contribution < -0.4 is 16.0 Å². The van der Waals surface area contributed by atoms with Crippen LogP contribution in [0, 0.1) is 0 Å². The topological polar surface area (TPSA) is 81.4 Å². The summed E-state index contributed by atoms with van der Waals surface area (Å²) >= 11 is 0. The van der Waals surface area contributed by atoms with Gasteiger partial charge in [-0.3, -0.25) is 4.79 Å². The molecule has 4 aromatic rings. The number of para-hydroxylation sites is 1. The maximum atomic E-state index is 12.5. The number of rotatable bonds is 4. The smallest absolute Gasteiger partial charge is 0.349 e. The van der Waals surface area contributed by atoms with E-state index in [1.54, 1.807) is 31.4 Å². The standard InChI is InChI=1S/C20H16N4O3/c1-27-16-10-8-14(9-11-16)23-12-4-5-15(23)13-21-24-19(25)17-6-2-3-7-18(17)22-20(24)26/h2-13H,1H3,(H,22,26). The highest BCUT2D eigenvalue weighted by molar-refractivity contribution is 5.79. The molecule has 1 N–H and O–H groups in total. The first-order valence-corrected chi connectivity index (χ1v) is 8.27. The van der Waals surface area contributed by atoms with Gasteiger partial charge in [0.15, 0.2) is 0 Å². The highest BCUT2D eigenvalue weighted by atomic mass is 16.5. The number of nitrogens with one attached hydrogen (secondary N) is 1. The Labute approximate surface area is 153 Å².